The molecule has 0 aliphatic carbocycles. The fourth-order valence-corrected chi connectivity index (χ4v) is 3.88. The van der Waals surface area contributed by atoms with Crippen LogP contribution in [0.25, 0.3) is 0 Å². The molecule has 1 aromatic rings. The van der Waals surface area contributed by atoms with Gasteiger partial charge in [-0.05, 0) is 31.0 Å². The summed E-state index contributed by atoms with van der Waals surface area (Å²) in [4.78, 5) is 29.0. The highest BCUT2D eigenvalue weighted by molar-refractivity contribution is 6.00. The van der Waals surface area contributed by atoms with Gasteiger partial charge in [0.05, 0.1) is 24.9 Å². The number of carbonyl (C=O) groups is 2. The zero-order valence-electron chi connectivity index (χ0n) is 16.7. The summed E-state index contributed by atoms with van der Waals surface area (Å²) in [5, 5.41) is 2.80. The van der Waals surface area contributed by atoms with Crippen LogP contribution in [0.4, 0.5) is 10.1 Å². The summed E-state index contributed by atoms with van der Waals surface area (Å²) >= 11 is 0. The molecule has 2 aliphatic rings. The zero-order chi connectivity index (χ0) is 20.3. The third-order valence-corrected chi connectivity index (χ3v) is 5.20. The standard InChI is InChI=1S/C21H28FN3O3/c1-4-23-20(26)16-7-8-25(19(16)14(2)3)21(27)15-5-6-18(17(22)13-15)24-9-11-28-12-10-24/h5-7,13-14,19H,4,8-12H2,1-3H3,(H,23,26)/t19-/m0/s1. The number of carbonyl (C=O) groups excluding carboxylic acids is 2. The third-order valence-electron chi connectivity index (χ3n) is 5.20. The Kier molecular flexibility index (Phi) is 6.34. The van der Waals surface area contributed by atoms with Crippen LogP contribution < -0.4 is 10.2 Å². The number of anilines is 1. The fourth-order valence-electron chi connectivity index (χ4n) is 3.88. The van der Waals surface area contributed by atoms with E-state index in [1.165, 1.54) is 6.07 Å². The van der Waals surface area contributed by atoms with Crippen molar-refractivity contribution in [2.75, 3.05) is 44.3 Å². The van der Waals surface area contributed by atoms with E-state index < -0.39 is 5.82 Å². The maximum Gasteiger partial charge on any atom is 0.254 e. The molecule has 1 saturated heterocycles. The maximum absolute atomic E-state index is 14.7. The van der Waals surface area contributed by atoms with Crippen LogP contribution in [0.1, 0.15) is 31.1 Å². The normalized spacial score (nSPS) is 19.8. The van der Waals surface area contributed by atoms with Gasteiger partial charge in [-0.2, -0.15) is 0 Å². The molecule has 1 fully saturated rings. The third kappa shape index (κ3) is 4.04. The van der Waals surface area contributed by atoms with E-state index in [1.54, 1.807) is 23.1 Å². The lowest BCUT2D eigenvalue weighted by molar-refractivity contribution is -0.117. The summed E-state index contributed by atoms with van der Waals surface area (Å²) in [5.74, 6) is -0.755. The number of benzene rings is 1. The molecule has 2 aliphatic heterocycles. The molecule has 0 radical (unpaired) electrons. The van der Waals surface area contributed by atoms with Gasteiger partial charge in [0.25, 0.3) is 5.91 Å². The van der Waals surface area contributed by atoms with Crippen molar-refractivity contribution in [3.05, 3.63) is 41.2 Å². The van der Waals surface area contributed by atoms with Gasteiger partial charge in [-0.15, -0.1) is 0 Å². The minimum absolute atomic E-state index is 0.0674. The molecule has 1 atom stereocenters. The van der Waals surface area contributed by atoms with Crippen molar-refractivity contribution in [1.29, 1.82) is 0 Å². The highest BCUT2D eigenvalue weighted by Crippen LogP contribution is 2.28. The van der Waals surface area contributed by atoms with Crippen LogP contribution in [-0.2, 0) is 9.53 Å². The Hall–Kier alpha value is -2.41. The number of ether oxygens (including phenoxy) is 1. The van der Waals surface area contributed by atoms with E-state index in [2.05, 4.69) is 5.32 Å². The summed E-state index contributed by atoms with van der Waals surface area (Å²) in [5.41, 5.74) is 1.39. The van der Waals surface area contributed by atoms with Gasteiger partial charge >= 0.3 is 0 Å². The average Bonchev–Trinajstić information content (AvgIpc) is 3.14. The molecule has 0 bridgehead atoms. The SMILES string of the molecule is CCNC(=O)C1=CCN(C(=O)c2ccc(N3CCOCC3)c(F)c2)[C@H]1C(C)C. The Morgan fingerprint density at radius 2 is 2.00 bits per heavy atom. The van der Waals surface area contributed by atoms with E-state index in [4.69, 9.17) is 4.74 Å². The fraction of sp³-hybridized carbons (Fsp3) is 0.524. The summed E-state index contributed by atoms with van der Waals surface area (Å²) in [6.45, 7) is 9.09. The maximum atomic E-state index is 14.7. The van der Waals surface area contributed by atoms with E-state index >= 15 is 0 Å². The van der Waals surface area contributed by atoms with Crippen LogP contribution in [0.2, 0.25) is 0 Å². The number of rotatable bonds is 5. The number of nitrogens with zero attached hydrogens (tertiary/aromatic N) is 2. The van der Waals surface area contributed by atoms with Crippen molar-refractivity contribution in [2.24, 2.45) is 5.92 Å². The molecule has 0 aromatic heterocycles. The first-order valence-electron chi connectivity index (χ1n) is 9.85. The van der Waals surface area contributed by atoms with Crippen molar-refractivity contribution in [3.8, 4) is 0 Å². The van der Waals surface area contributed by atoms with Crippen molar-refractivity contribution in [3.63, 3.8) is 0 Å². The van der Waals surface area contributed by atoms with Gasteiger partial charge in [-0.1, -0.05) is 19.9 Å². The topological polar surface area (TPSA) is 61.9 Å². The Morgan fingerprint density at radius 3 is 2.61 bits per heavy atom. The number of halogens is 1. The van der Waals surface area contributed by atoms with Crippen LogP contribution in [-0.4, -0.2) is 62.1 Å². The molecule has 1 N–H and O–H groups in total. The molecule has 3 rings (SSSR count). The minimum atomic E-state index is -0.412. The Labute approximate surface area is 165 Å². The molecule has 152 valence electrons. The molecule has 28 heavy (non-hydrogen) atoms. The van der Waals surface area contributed by atoms with Crippen LogP contribution >= 0.6 is 0 Å². The molecule has 1 aromatic carbocycles. The van der Waals surface area contributed by atoms with Crippen molar-refractivity contribution < 1.29 is 18.7 Å². The molecule has 2 amide bonds. The predicted molar refractivity (Wildman–Crippen MR) is 106 cm³/mol. The van der Waals surface area contributed by atoms with Gasteiger partial charge in [0.1, 0.15) is 5.82 Å². The number of likely N-dealkylation sites (N-methyl/N-ethyl adjacent to an activating group) is 1. The van der Waals surface area contributed by atoms with Gasteiger partial charge in [0, 0.05) is 37.3 Å². The monoisotopic (exact) mass is 389 g/mol. The van der Waals surface area contributed by atoms with E-state index in [1.807, 2.05) is 25.7 Å². The molecular weight excluding hydrogens is 361 g/mol. The Morgan fingerprint density at radius 1 is 1.29 bits per heavy atom. The minimum Gasteiger partial charge on any atom is -0.378 e. The number of morpholine rings is 1. The van der Waals surface area contributed by atoms with Gasteiger partial charge in [-0.3, -0.25) is 9.59 Å². The lowest BCUT2D eigenvalue weighted by atomic mass is 9.95. The van der Waals surface area contributed by atoms with E-state index in [-0.39, 0.29) is 23.8 Å². The second kappa shape index (κ2) is 8.73. The highest BCUT2D eigenvalue weighted by atomic mass is 19.1. The lowest BCUT2D eigenvalue weighted by Crippen LogP contribution is -2.43. The summed E-state index contributed by atoms with van der Waals surface area (Å²) < 4.78 is 20.0. The first-order chi connectivity index (χ1) is 13.4. The number of amides is 2. The molecule has 6 nitrogen and oxygen atoms in total. The lowest BCUT2D eigenvalue weighted by Gasteiger charge is -2.31. The largest absolute Gasteiger partial charge is 0.378 e. The molecular formula is C21H28FN3O3. The van der Waals surface area contributed by atoms with Crippen molar-refractivity contribution >= 4 is 17.5 Å². The second-order valence-electron chi connectivity index (χ2n) is 7.43. The summed E-state index contributed by atoms with van der Waals surface area (Å²) in [6.07, 6.45) is 1.80. The second-order valence-corrected chi connectivity index (χ2v) is 7.43. The quantitative estimate of drug-likeness (QED) is 0.839. The van der Waals surface area contributed by atoms with Crippen molar-refractivity contribution in [2.45, 2.75) is 26.8 Å². The molecule has 0 saturated carbocycles. The smallest absolute Gasteiger partial charge is 0.254 e. The zero-order valence-corrected chi connectivity index (χ0v) is 16.7. The van der Waals surface area contributed by atoms with Crippen LogP contribution in [0.15, 0.2) is 29.8 Å². The van der Waals surface area contributed by atoms with E-state index in [0.717, 1.165) is 0 Å². The predicted octanol–water partition coefficient (Wildman–Crippen LogP) is 2.21. The first-order valence-corrected chi connectivity index (χ1v) is 9.85. The van der Waals surface area contributed by atoms with Crippen LogP contribution in [0.3, 0.4) is 0 Å². The van der Waals surface area contributed by atoms with Crippen LogP contribution in [0, 0.1) is 11.7 Å². The summed E-state index contributed by atoms with van der Waals surface area (Å²) in [7, 11) is 0. The number of hydrogen-bond donors (Lipinski definition) is 1. The van der Waals surface area contributed by atoms with Crippen LogP contribution in [0.5, 0.6) is 0 Å². The first kappa shape index (κ1) is 20.3. The van der Waals surface area contributed by atoms with Crippen molar-refractivity contribution in [1.82, 2.24) is 10.2 Å². The molecule has 0 unspecified atom stereocenters. The molecule has 7 heteroatoms. The van der Waals surface area contributed by atoms with Gasteiger partial charge in [0.15, 0.2) is 0 Å². The van der Waals surface area contributed by atoms with E-state index in [9.17, 15) is 14.0 Å². The van der Waals surface area contributed by atoms with E-state index in [0.29, 0.717) is 56.2 Å². The highest BCUT2D eigenvalue weighted by Gasteiger charge is 2.37. The molecule has 0 spiro atoms. The average molecular weight is 389 g/mol. The van der Waals surface area contributed by atoms with Gasteiger partial charge < -0.3 is 19.9 Å². The van der Waals surface area contributed by atoms with Gasteiger partial charge in [0.2, 0.25) is 5.91 Å². The molecule has 2 heterocycles. The number of nitrogens with one attached hydrogen (secondary N) is 1. The van der Waals surface area contributed by atoms with Gasteiger partial charge in [-0.25, -0.2) is 4.39 Å². The number of hydrogen-bond acceptors (Lipinski definition) is 4. The Balaban J connectivity index is 1.79. The summed E-state index contributed by atoms with van der Waals surface area (Å²) in [6, 6.07) is 4.31. The Bertz CT molecular complexity index is 772.